The van der Waals surface area contributed by atoms with E-state index in [9.17, 15) is 4.79 Å². The maximum atomic E-state index is 11.5. The lowest BCUT2D eigenvalue weighted by atomic mass is 9.79. The Balaban J connectivity index is 1.73. The molecule has 0 aliphatic carbocycles. The number of nitrogens with zero attached hydrogens (tertiary/aromatic N) is 2. The fourth-order valence-electron chi connectivity index (χ4n) is 3.02. The number of piperidine rings is 2. The number of aliphatic hydroxyl groups is 1. The number of hydrogen-bond acceptors (Lipinski definition) is 3. The van der Waals surface area contributed by atoms with Gasteiger partial charge in [-0.2, -0.15) is 0 Å². The fraction of sp³-hybridized carbons (Fsp3) is 0.667. The van der Waals surface area contributed by atoms with Gasteiger partial charge in [0, 0.05) is 19.6 Å². The number of rotatable bonds is 4. The molecule has 0 atom stereocenters. The largest absolute Gasteiger partial charge is 0.395 e. The first-order valence-electron chi connectivity index (χ1n) is 7.19. The topological polar surface area (TPSA) is 43.8 Å². The molecule has 0 spiro atoms. The Labute approximate surface area is 116 Å². The maximum Gasteiger partial charge on any atom is 0.245 e. The van der Waals surface area contributed by atoms with Crippen molar-refractivity contribution in [3.05, 3.63) is 24.5 Å². The van der Waals surface area contributed by atoms with Crippen LogP contribution in [-0.4, -0.2) is 60.1 Å². The van der Waals surface area contributed by atoms with Crippen LogP contribution in [0, 0.1) is 11.8 Å². The van der Waals surface area contributed by atoms with Gasteiger partial charge in [-0.3, -0.25) is 4.79 Å². The summed E-state index contributed by atoms with van der Waals surface area (Å²) in [6.07, 6.45) is 5.71. The van der Waals surface area contributed by atoms with Crippen molar-refractivity contribution >= 4 is 5.91 Å². The highest BCUT2D eigenvalue weighted by Crippen LogP contribution is 2.35. The van der Waals surface area contributed by atoms with Gasteiger partial charge in [0.15, 0.2) is 0 Å². The molecular weight excluding hydrogens is 240 g/mol. The van der Waals surface area contributed by atoms with Crippen molar-refractivity contribution in [1.29, 1.82) is 0 Å². The zero-order valence-corrected chi connectivity index (χ0v) is 11.6. The smallest absolute Gasteiger partial charge is 0.245 e. The van der Waals surface area contributed by atoms with Gasteiger partial charge in [0.2, 0.25) is 5.91 Å². The quantitative estimate of drug-likeness (QED) is 0.771. The van der Waals surface area contributed by atoms with Gasteiger partial charge < -0.3 is 14.9 Å². The van der Waals surface area contributed by atoms with Crippen LogP contribution in [-0.2, 0) is 4.79 Å². The van der Waals surface area contributed by atoms with Crippen LogP contribution in [0.15, 0.2) is 12.7 Å². The molecule has 2 saturated heterocycles. The lowest BCUT2D eigenvalue weighted by Crippen LogP contribution is -2.41. The summed E-state index contributed by atoms with van der Waals surface area (Å²) in [7, 11) is 0. The molecule has 4 nitrogen and oxygen atoms in total. The van der Waals surface area contributed by atoms with Crippen LogP contribution in [0.3, 0.4) is 0 Å². The summed E-state index contributed by atoms with van der Waals surface area (Å²) in [5, 5.41) is 8.94. The predicted molar refractivity (Wildman–Crippen MR) is 75.3 cm³/mol. The lowest BCUT2D eigenvalue weighted by molar-refractivity contribution is -0.126. The molecule has 2 rings (SSSR count). The summed E-state index contributed by atoms with van der Waals surface area (Å²) in [6, 6.07) is 0. The van der Waals surface area contributed by atoms with Gasteiger partial charge in [0.05, 0.1) is 6.61 Å². The minimum absolute atomic E-state index is 0.0572. The van der Waals surface area contributed by atoms with E-state index >= 15 is 0 Å². The first-order valence-corrected chi connectivity index (χ1v) is 7.19. The van der Waals surface area contributed by atoms with E-state index in [4.69, 9.17) is 5.11 Å². The molecule has 2 heterocycles. The first kappa shape index (κ1) is 14.5. The van der Waals surface area contributed by atoms with Gasteiger partial charge >= 0.3 is 0 Å². The van der Waals surface area contributed by atoms with Gasteiger partial charge in [0.25, 0.3) is 0 Å². The molecule has 0 aromatic carbocycles. The summed E-state index contributed by atoms with van der Waals surface area (Å²) in [6.45, 7) is 8.39. The van der Waals surface area contributed by atoms with E-state index in [1.165, 1.54) is 6.08 Å². The Bertz CT molecular complexity index is 303. The van der Waals surface area contributed by atoms with E-state index in [1.54, 1.807) is 11.8 Å². The molecule has 0 saturated carbocycles. The van der Waals surface area contributed by atoms with Crippen LogP contribution in [0.2, 0.25) is 0 Å². The molecule has 0 unspecified atom stereocenters. The van der Waals surface area contributed by atoms with E-state index in [0.717, 1.165) is 58.4 Å². The Morgan fingerprint density at radius 1 is 1.11 bits per heavy atom. The summed E-state index contributed by atoms with van der Waals surface area (Å²) < 4.78 is 0. The molecule has 0 aromatic heterocycles. The summed E-state index contributed by atoms with van der Waals surface area (Å²) in [5.74, 6) is 3.22. The number of aliphatic hydroxyl groups excluding tert-OH is 1. The Hall–Kier alpha value is -0.870. The highest BCUT2D eigenvalue weighted by molar-refractivity contribution is 5.87. The standard InChI is InChI=1S/C15H24N2O2/c1-2-15(19)17-9-5-14(6-10-17)13-3-7-16(8-4-13)11-12-18/h2,18H,1,3-12H2. The van der Waals surface area contributed by atoms with Crippen molar-refractivity contribution in [1.82, 2.24) is 9.80 Å². The van der Waals surface area contributed by atoms with Crippen LogP contribution < -0.4 is 0 Å². The van der Waals surface area contributed by atoms with Crippen LogP contribution in [0.1, 0.15) is 25.7 Å². The molecule has 1 N–H and O–H groups in total. The van der Waals surface area contributed by atoms with Crippen molar-refractivity contribution in [3.63, 3.8) is 0 Å². The number of likely N-dealkylation sites (tertiary alicyclic amines) is 2. The fourth-order valence-corrected chi connectivity index (χ4v) is 3.02. The molecule has 106 valence electrons. The molecule has 2 fully saturated rings. The molecule has 0 aromatic rings. The van der Waals surface area contributed by atoms with Crippen molar-refractivity contribution in [2.75, 3.05) is 39.3 Å². The number of hydrogen-bond donors (Lipinski definition) is 1. The molecule has 19 heavy (non-hydrogen) atoms. The number of carbonyl (C=O) groups is 1. The Morgan fingerprint density at radius 3 is 2.11 bits per heavy atom. The third-order valence-electron chi connectivity index (χ3n) is 4.23. The van der Waals surface area contributed by atoms with Crippen molar-refractivity contribution in [2.24, 2.45) is 0 Å². The molecule has 2 radical (unpaired) electrons. The summed E-state index contributed by atoms with van der Waals surface area (Å²) in [4.78, 5) is 15.7. The number of amides is 1. The van der Waals surface area contributed by atoms with E-state index in [-0.39, 0.29) is 12.5 Å². The Kier molecular flexibility index (Phi) is 5.40. The van der Waals surface area contributed by atoms with Crippen molar-refractivity contribution in [3.8, 4) is 0 Å². The van der Waals surface area contributed by atoms with Crippen molar-refractivity contribution in [2.45, 2.75) is 25.7 Å². The van der Waals surface area contributed by atoms with Gasteiger partial charge in [-0.25, -0.2) is 0 Å². The number of carbonyl (C=O) groups excluding carboxylic acids is 1. The first-order chi connectivity index (χ1) is 9.24. The lowest BCUT2D eigenvalue weighted by Gasteiger charge is -2.39. The molecule has 2 aliphatic rings. The average molecular weight is 264 g/mol. The van der Waals surface area contributed by atoms with Crippen molar-refractivity contribution < 1.29 is 9.90 Å². The van der Waals surface area contributed by atoms with Crippen LogP contribution in [0.25, 0.3) is 0 Å². The second kappa shape index (κ2) is 7.06. The zero-order chi connectivity index (χ0) is 13.7. The zero-order valence-electron chi connectivity index (χ0n) is 11.6. The minimum atomic E-state index is 0.0572. The van der Waals surface area contributed by atoms with Gasteiger partial charge in [-0.05, 0) is 56.7 Å². The van der Waals surface area contributed by atoms with E-state index < -0.39 is 0 Å². The van der Waals surface area contributed by atoms with Gasteiger partial charge in [-0.15, -0.1) is 0 Å². The minimum Gasteiger partial charge on any atom is -0.395 e. The predicted octanol–water partition coefficient (Wildman–Crippen LogP) is 1.03. The van der Waals surface area contributed by atoms with Crippen LogP contribution in [0.5, 0.6) is 0 Å². The second-order valence-corrected chi connectivity index (χ2v) is 5.30. The summed E-state index contributed by atoms with van der Waals surface area (Å²) in [5.41, 5.74) is 0. The van der Waals surface area contributed by atoms with Gasteiger partial charge in [0.1, 0.15) is 0 Å². The molecule has 0 bridgehead atoms. The molecule has 2 aliphatic heterocycles. The third-order valence-corrected chi connectivity index (χ3v) is 4.23. The van der Waals surface area contributed by atoms with Crippen LogP contribution in [0.4, 0.5) is 0 Å². The third kappa shape index (κ3) is 3.80. The second-order valence-electron chi connectivity index (χ2n) is 5.30. The molecule has 1 amide bonds. The molecule has 4 heteroatoms. The van der Waals surface area contributed by atoms with Gasteiger partial charge in [-0.1, -0.05) is 6.58 Å². The number of β-amino-alcohol motifs (C(OH)–C–C–N with tert-alkyl or cyclic N) is 1. The molecular formula is C15H24N2O2. The van der Waals surface area contributed by atoms with E-state index in [2.05, 4.69) is 11.5 Å². The highest BCUT2D eigenvalue weighted by Gasteiger charge is 2.30. The monoisotopic (exact) mass is 264 g/mol. The average Bonchev–Trinajstić information content (AvgIpc) is 2.48. The Morgan fingerprint density at radius 2 is 1.63 bits per heavy atom. The normalized spacial score (nSPS) is 23.5. The highest BCUT2D eigenvalue weighted by atomic mass is 16.3. The maximum absolute atomic E-state index is 11.5. The SMILES string of the molecule is C=CC(=O)N1CC[C]([C]2CCN(CCO)CC2)CC1. The summed E-state index contributed by atoms with van der Waals surface area (Å²) >= 11 is 0. The van der Waals surface area contributed by atoms with E-state index in [1.807, 2.05) is 4.90 Å². The van der Waals surface area contributed by atoms with Crippen LogP contribution >= 0.6 is 0 Å². The van der Waals surface area contributed by atoms with E-state index in [0.29, 0.717) is 0 Å².